The van der Waals surface area contributed by atoms with Gasteiger partial charge in [0.15, 0.2) is 0 Å². The van der Waals surface area contributed by atoms with E-state index >= 15 is 0 Å². The van der Waals surface area contributed by atoms with Gasteiger partial charge in [0.2, 0.25) is 5.91 Å². The zero-order chi connectivity index (χ0) is 13.4. The van der Waals surface area contributed by atoms with Gasteiger partial charge in [-0.3, -0.25) is 9.59 Å². The number of anilines is 1. The number of amides is 1. The molecule has 0 radical (unpaired) electrons. The predicted octanol–water partition coefficient (Wildman–Crippen LogP) is 2.73. The number of halogens is 2. The number of aldehydes is 1. The maximum atomic E-state index is 11.1. The number of benzene rings is 1. The van der Waals surface area contributed by atoms with Crippen molar-refractivity contribution in [3.05, 3.63) is 27.7 Å². The average Bonchev–Trinajstić information content (AvgIpc) is 2.35. The highest BCUT2D eigenvalue weighted by Crippen LogP contribution is 2.31. The molecule has 0 saturated heterocycles. The zero-order valence-corrected chi connectivity index (χ0v) is 11.1. The van der Waals surface area contributed by atoms with Gasteiger partial charge in [-0.15, -0.1) is 0 Å². The number of hydrogen-bond acceptors (Lipinski definition) is 3. The van der Waals surface area contributed by atoms with Crippen molar-refractivity contribution in [3.63, 3.8) is 0 Å². The number of hydrogen-bond donors (Lipinski definition) is 2. The molecule has 1 aromatic carbocycles. The fourth-order valence-electron chi connectivity index (χ4n) is 1.01. The number of nitrogens with two attached hydrogens (primary N) is 1. The topological polar surface area (TPSA) is 72.2 Å². The van der Waals surface area contributed by atoms with E-state index in [-0.39, 0.29) is 16.0 Å². The van der Waals surface area contributed by atoms with E-state index in [0.717, 1.165) is 0 Å². The van der Waals surface area contributed by atoms with Crippen molar-refractivity contribution >= 4 is 41.1 Å². The van der Waals surface area contributed by atoms with Crippen LogP contribution in [0.25, 0.3) is 0 Å². The van der Waals surface area contributed by atoms with Crippen LogP contribution >= 0.6 is 23.2 Å². The Morgan fingerprint density at radius 3 is 2.18 bits per heavy atom. The summed E-state index contributed by atoms with van der Waals surface area (Å²) < 4.78 is 0. The van der Waals surface area contributed by atoms with Crippen molar-refractivity contribution in [2.45, 2.75) is 13.3 Å². The first kappa shape index (κ1) is 15.9. The van der Waals surface area contributed by atoms with Gasteiger partial charge >= 0.3 is 0 Å². The second-order valence-electron chi connectivity index (χ2n) is 2.88. The molecule has 0 saturated carbocycles. The Hall–Kier alpha value is -1.10. The van der Waals surface area contributed by atoms with Gasteiger partial charge in [-0.05, 0) is 19.2 Å². The molecule has 0 unspecified atom stereocenters. The summed E-state index contributed by atoms with van der Waals surface area (Å²) in [6.45, 7) is 1.72. The summed E-state index contributed by atoms with van der Waals surface area (Å²) in [5, 5.41) is 3.07. The zero-order valence-electron chi connectivity index (χ0n) is 9.59. The minimum absolute atomic E-state index is 0.183. The number of nitrogens with one attached hydrogen (secondary N) is 1. The second kappa shape index (κ2) is 8.06. The molecule has 1 amide bonds. The first-order chi connectivity index (χ1) is 8.08. The van der Waals surface area contributed by atoms with E-state index in [1.165, 1.54) is 19.2 Å². The highest BCUT2D eigenvalue weighted by molar-refractivity contribution is 6.40. The average molecular weight is 277 g/mol. The minimum Gasteiger partial charge on any atom is -0.333 e. The third-order valence-corrected chi connectivity index (χ3v) is 2.38. The standard InChI is InChI=1S/C10H9Cl2NO2.CH5N/c1-2-9(15)13-10-7(11)3-6(5-14)4-8(10)12;1-2/h3-5H,2H2,1H3,(H,13,15);2H2,1H3. The predicted molar refractivity (Wildman–Crippen MR) is 70.9 cm³/mol. The van der Waals surface area contributed by atoms with E-state index in [4.69, 9.17) is 23.2 Å². The van der Waals surface area contributed by atoms with Crippen molar-refractivity contribution in [2.75, 3.05) is 12.4 Å². The van der Waals surface area contributed by atoms with Crippen molar-refractivity contribution in [2.24, 2.45) is 5.73 Å². The number of rotatable bonds is 3. The molecule has 17 heavy (non-hydrogen) atoms. The molecule has 1 aromatic rings. The molecule has 0 aliphatic heterocycles. The molecule has 94 valence electrons. The molecule has 0 bridgehead atoms. The van der Waals surface area contributed by atoms with Gasteiger partial charge in [0, 0.05) is 12.0 Å². The molecule has 0 aromatic heterocycles. The molecule has 0 aliphatic rings. The SMILES string of the molecule is CCC(=O)Nc1c(Cl)cc(C=O)cc1Cl.CN. The molecule has 3 N–H and O–H groups in total. The highest BCUT2D eigenvalue weighted by Gasteiger charge is 2.10. The first-order valence-corrected chi connectivity index (χ1v) is 5.66. The molecule has 0 spiro atoms. The monoisotopic (exact) mass is 276 g/mol. The van der Waals surface area contributed by atoms with E-state index in [9.17, 15) is 9.59 Å². The van der Waals surface area contributed by atoms with E-state index in [2.05, 4.69) is 11.1 Å². The Morgan fingerprint density at radius 2 is 1.82 bits per heavy atom. The van der Waals surface area contributed by atoms with Crippen LogP contribution in [-0.4, -0.2) is 19.2 Å². The van der Waals surface area contributed by atoms with Crippen LogP contribution in [0.2, 0.25) is 10.0 Å². The largest absolute Gasteiger partial charge is 0.333 e. The summed E-state index contributed by atoms with van der Waals surface area (Å²) in [5.41, 5.74) is 5.22. The van der Waals surface area contributed by atoms with Crippen LogP contribution in [-0.2, 0) is 4.79 Å². The normalized spacial score (nSPS) is 9.00. The Labute approximate surface area is 110 Å². The lowest BCUT2D eigenvalue weighted by Gasteiger charge is -2.08. The summed E-state index contributed by atoms with van der Waals surface area (Å²) in [6.07, 6.45) is 0.977. The Morgan fingerprint density at radius 1 is 1.35 bits per heavy atom. The van der Waals surface area contributed by atoms with Crippen LogP contribution in [0.4, 0.5) is 5.69 Å². The number of carbonyl (C=O) groups excluding carboxylic acids is 2. The van der Waals surface area contributed by atoms with Gasteiger partial charge in [-0.2, -0.15) is 0 Å². The smallest absolute Gasteiger partial charge is 0.224 e. The second-order valence-corrected chi connectivity index (χ2v) is 3.69. The van der Waals surface area contributed by atoms with Gasteiger partial charge < -0.3 is 11.1 Å². The van der Waals surface area contributed by atoms with E-state index in [1.54, 1.807) is 6.92 Å². The lowest BCUT2D eigenvalue weighted by Crippen LogP contribution is -2.10. The van der Waals surface area contributed by atoms with Crippen LogP contribution in [0.1, 0.15) is 23.7 Å². The van der Waals surface area contributed by atoms with Crippen LogP contribution in [0.5, 0.6) is 0 Å². The fourth-order valence-corrected chi connectivity index (χ4v) is 1.61. The molecule has 4 nitrogen and oxygen atoms in total. The van der Waals surface area contributed by atoms with Crippen LogP contribution in [0, 0.1) is 0 Å². The summed E-state index contributed by atoms with van der Waals surface area (Å²) in [4.78, 5) is 21.6. The molecule has 6 heteroatoms. The van der Waals surface area contributed by atoms with E-state index < -0.39 is 0 Å². The molecule has 1 rings (SSSR count). The van der Waals surface area contributed by atoms with Gasteiger partial charge in [-0.1, -0.05) is 30.1 Å². The molecule has 0 aliphatic carbocycles. The maximum absolute atomic E-state index is 11.1. The third-order valence-electron chi connectivity index (χ3n) is 1.79. The van der Waals surface area contributed by atoms with E-state index in [0.29, 0.717) is 24.0 Å². The van der Waals surface area contributed by atoms with Crippen LogP contribution < -0.4 is 11.1 Å². The van der Waals surface area contributed by atoms with Gasteiger partial charge in [-0.25, -0.2) is 0 Å². The van der Waals surface area contributed by atoms with Gasteiger partial charge in [0.1, 0.15) is 6.29 Å². The Kier molecular flexibility index (Phi) is 7.54. The van der Waals surface area contributed by atoms with Crippen molar-refractivity contribution in [1.82, 2.24) is 0 Å². The van der Waals surface area contributed by atoms with Gasteiger partial charge in [0.25, 0.3) is 0 Å². The Bertz CT molecular complexity index is 385. The lowest BCUT2D eigenvalue weighted by molar-refractivity contribution is -0.115. The fraction of sp³-hybridized carbons (Fsp3) is 0.273. The van der Waals surface area contributed by atoms with E-state index in [1.807, 2.05) is 0 Å². The summed E-state index contributed by atoms with van der Waals surface area (Å²) >= 11 is 11.7. The quantitative estimate of drug-likeness (QED) is 0.834. The van der Waals surface area contributed by atoms with Crippen LogP contribution in [0.3, 0.4) is 0 Å². The summed E-state index contributed by atoms with van der Waals surface area (Å²) in [5.74, 6) is -0.183. The van der Waals surface area contributed by atoms with Gasteiger partial charge in [0.05, 0.1) is 15.7 Å². The number of carbonyl (C=O) groups is 2. The molecular weight excluding hydrogens is 263 g/mol. The summed E-state index contributed by atoms with van der Waals surface area (Å²) in [7, 11) is 1.50. The highest BCUT2D eigenvalue weighted by atomic mass is 35.5. The van der Waals surface area contributed by atoms with Crippen molar-refractivity contribution in [3.8, 4) is 0 Å². The first-order valence-electron chi connectivity index (χ1n) is 4.90. The van der Waals surface area contributed by atoms with Crippen LogP contribution in [0.15, 0.2) is 12.1 Å². The van der Waals surface area contributed by atoms with Crippen molar-refractivity contribution < 1.29 is 9.59 Å². The third kappa shape index (κ3) is 4.73. The summed E-state index contributed by atoms with van der Waals surface area (Å²) in [6, 6.07) is 2.90. The molecule has 0 atom stereocenters. The Balaban J connectivity index is 0.00000121. The molecule has 0 fully saturated rings. The minimum atomic E-state index is -0.183. The molecule has 0 heterocycles. The lowest BCUT2D eigenvalue weighted by atomic mass is 10.2. The molecular formula is C11H14Cl2N2O2. The van der Waals surface area contributed by atoms with Crippen molar-refractivity contribution in [1.29, 1.82) is 0 Å². The maximum Gasteiger partial charge on any atom is 0.224 e.